The van der Waals surface area contributed by atoms with Crippen LogP contribution in [0.15, 0.2) is 42.6 Å². The van der Waals surface area contributed by atoms with Crippen molar-refractivity contribution in [2.24, 2.45) is 0 Å². The number of rotatable bonds is 5. The number of pyridine rings is 1. The molecule has 0 atom stereocenters. The lowest BCUT2D eigenvalue weighted by Crippen LogP contribution is -2.37. The number of nitrogens with one attached hydrogen (secondary N) is 2. The molecule has 1 aliphatic heterocycles. The van der Waals surface area contributed by atoms with Crippen LogP contribution >= 0.6 is 0 Å². The van der Waals surface area contributed by atoms with Crippen LogP contribution in [0.4, 0.5) is 15.3 Å². The summed E-state index contributed by atoms with van der Waals surface area (Å²) in [6.45, 7) is 7.38. The second-order valence-corrected chi connectivity index (χ2v) is 8.09. The van der Waals surface area contributed by atoms with Gasteiger partial charge in [0, 0.05) is 31.0 Å². The molecule has 0 bridgehead atoms. The number of aromatic nitrogens is 1. The Morgan fingerprint density at radius 2 is 1.77 bits per heavy atom. The van der Waals surface area contributed by atoms with E-state index in [9.17, 15) is 9.59 Å². The van der Waals surface area contributed by atoms with Gasteiger partial charge >= 0.3 is 12.1 Å². The SMILES string of the molecule is CC(C)(C)OC(=O)Nc1ccc(Oc2ccnc(CNC(=O)N3CCCC3)c2)cc1. The van der Waals surface area contributed by atoms with E-state index in [0.29, 0.717) is 29.4 Å². The topological polar surface area (TPSA) is 92.8 Å². The zero-order valence-electron chi connectivity index (χ0n) is 17.6. The van der Waals surface area contributed by atoms with E-state index in [4.69, 9.17) is 9.47 Å². The van der Waals surface area contributed by atoms with Gasteiger partial charge in [0.2, 0.25) is 0 Å². The van der Waals surface area contributed by atoms with E-state index < -0.39 is 11.7 Å². The number of likely N-dealkylation sites (tertiary alicyclic amines) is 1. The number of ether oxygens (including phenoxy) is 2. The molecule has 0 radical (unpaired) electrons. The Balaban J connectivity index is 1.52. The maximum Gasteiger partial charge on any atom is 0.412 e. The largest absolute Gasteiger partial charge is 0.457 e. The van der Waals surface area contributed by atoms with Gasteiger partial charge in [0.1, 0.15) is 17.1 Å². The fourth-order valence-electron chi connectivity index (χ4n) is 2.98. The molecule has 1 fully saturated rings. The third-order valence-corrected chi connectivity index (χ3v) is 4.34. The van der Waals surface area contributed by atoms with Gasteiger partial charge in [-0.1, -0.05) is 0 Å². The van der Waals surface area contributed by atoms with E-state index in [1.165, 1.54) is 0 Å². The Hall–Kier alpha value is -3.29. The number of carbonyl (C=O) groups is 2. The van der Waals surface area contributed by atoms with Gasteiger partial charge in [-0.3, -0.25) is 10.3 Å². The van der Waals surface area contributed by atoms with Crippen LogP contribution < -0.4 is 15.4 Å². The maximum atomic E-state index is 12.1. The second kappa shape index (κ2) is 9.47. The van der Waals surface area contributed by atoms with E-state index in [-0.39, 0.29) is 6.03 Å². The fraction of sp³-hybridized carbons (Fsp3) is 0.409. The number of hydrogen-bond acceptors (Lipinski definition) is 5. The number of nitrogens with zero attached hydrogens (tertiary/aromatic N) is 2. The number of hydrogen-bond donors (Lipinski definition) is 2. The first-order valence-corrected chi connectivity index (χ1v) is 10.0. The molecule has 1 aromatic carbocycles. The number of anilines is 1. The minimum absolute atomic E-state index is 0.0614. The Kier molecular flexibility index (Phi) is 6.76. The average molecular weight is 412 g/mol. The number of amides is 3. The van der Waals surface area contributed by atoms with Crippen molar-refractivity contribution in [3.05, 3.63) is 48.3 Å². The predicted octanol–water partition coefficient (Wildman–Crippen LogP) is 4.53. The van der Waals surface area contributed by atoms with Crippen LogP contribution in [0.1, 0.15) is 39.3 Å². The Bertz CT molecular complexity index is 871. The summed E-state index contributed by atoms with van der Waals surface area (Å²) in [6.07, 6.45) is 3.25. The Labute approximate surface area is 176 Å². The van der Waals surface area contributed by atoms with Crippen molar-refractivity contribution in [2.75, 3.05) is 18.4 Å². The molecule has 2 heterocycles. The van der Waals surface area contributed by atoms with Gasteiger partial charge < -0.3 is 19.7 Å². The third kappa shape index (κ3) is 6.65. The second-order valence-electron chi connectivity index (χ2n) is 8.09. The standard InChI is InChI=1S/C22H28N4O4/c1-22(2,3)30-21(28)25-16-6-8-18(9-7-16)29-19-10-11-23-17(14-19)15-24-20(27)26-12-4-5-13-26/h6-11,14H,4-5,12-13,15H2,1-3H3,(H,24,27)(H,25,28). The highest BCUT2D eigenvalue weighted by molar-refractivity contribution is 5.84. The summed E-state index contributed by atoms with van der Waals surface area (Å²) >= 11 is 0. The van der Waals surface area contributed by atoms with Crippen molar-refractivity contribution in [3.8, 4) is 11.5 Å². The van der Waals surface area contributed by atoms with E-state index in [1.54, 1.807) is 42.6 Å². The number of carbonyl (C=O) groups excluding carboxylic acids is 2. The van der Waals surface area contributed by atoms with E-state index in [2.05, 4.69) is 15.6 Å². The Morgan fingerprint density at radius 1 is 1.07 bits per heavy atom. The average Bonchev–Trinajstić information content (AvgIpc) is 3.21. The number of urea groups is 1. The third-order valence-electron chi connectivity index (χ3n) is 4.34. The molecule has 1 aromatic heterocycles. The normalized spacial score (nSPS) is 13.6. The van der Waals surface area contributed by atoms with Crippen molar-refractivity contribution in [1.82, 2.24) is 15.2 Å². The molecule has 8 heteroatoms. The summed E-state index contributed by atoms with van der Waals surface area (Å²) in [5.74, 6) is 1.23. The molecule has 3 amide bonds. The molecule has 0 aliphatic carbocycles. The summed E-state index contributed by atoms with van der Waals surface area (Å²) in [4.78, 5) is 30.0. The van der Waals surface area contributed by atoms with Crippen LogP contribution in [0.3, 0.4) is 0 Å². The molecule has 30 heavy (non-hydrogen) atoms. The zero-order chi connectivity index (χ0) is 21.6. The molecule has 2 N–H and O–H groups in total. The molecule has 1 aliphatic rings. The predicted molar refractivity (Wildman–Crippen MR) is 114 cm³/mol. The lowest BCUT2D eigenvalue weighted by Gasteiger charge is -2.19. The highest BCUT2D eigenvalue weighted by Crippen LogP contribution is 2.23. The monoisotopic (exact) mass is 412 g/mol. The van der Waals surface area contributed by atoms with Gasteiger partial charge in [0.05, 0.1) is 12.2 Å². The summed E-state index contributed by atoms with van der Waals surface area (Å²) < 4.78 is 11.1. The molecule has 0 unspecified atom stereocenters. The fourth-order valence-corrected chi connectivity index (χ4v) is 2.98. The lowest BCUT2D eigenvalue weighted by molar-refractivity contribution is 0.0636. The van der Waals surface area contributed by atoms with Gasteiger partial charge in [-0.25, -0.2) is 9.59 Å². The van der Waals surface area contributed by atoms with Crippen molar-refractivity contribution in [3.63, 3.8) is 0 Å². The Morgan fingerprint density at radius 3 is 2.43 bits per heavy atom. The highest BCUT2D eigenvalue weighted by Gasteiger charge is 2.18. The maximum absolute atomic E-state index is 12.1. The quantitative estimate of drug-likeness (QED) is 0.753. The summed E-state index contributed by atoms with van der Waals surface area (Å²) in [7, 11) is 0. The minimum Gasteiger partial charge on any atom is -0.457 e. The van der Waals surface area contributed by atoms with E-state index in [1.807, 2.05) is 25.7 Å². The smallest absolute Gasteiger partial charge is 0.412 e. The molecule has 8 nitrogen and oxygen atoms in total. The molecular weight excluding hydrogens is 384 g/mol. The zero-order valence-corrected chi connectivity index (χ0v) is 17.6. The van der Waals surface area contributed by atoms with Crippen LogP contribution in [0.25, 0.3) is 0 Å². The van der Waals surface area contributed by atoms with Gasteiger partial charge in [-0.05, 0) is 63.9 Å². The van der Waals surface area contributed by atoms with E-state index in [0.717, 1.165) is 25.9 Å². The molecular formula is C22H28N4O4. The molecule has 3 rings (SSSR count). The first-order chi connectivity index (χ1) is 14.3. The van der Waals surface area contributed by atoms with Crippen molar-refractivity contribution in [2.45, 2.75) is 45.8 Å². The first-order valence-electron chi connectivity index (χ1n) is 10.0. The van der Waals surface area contributed by atoms with Crippen molar-refractivity contribution in [1.29, 1.82) is 0 Å². The molecule has 1 saturated heterocycles. The minimum atomic E-state index is -0.555. The van der Waals surface area contributed by atoms with Crippen LogP contribution in [-0.2, 0) is 11.3 Å². The van der Waals surface area contributed by atoms with Crippen LogP contribution in [-0.4, -0.2) is 40.7 Å². The van der Waals surface area contributed by atoms with Gasteiger partial charge in [0.15, 0.2) is 0 Å². The van der Waals surface area contributed by atoms with E-state index >= 15 is 0 Å². The lowest BCUT2D eigenvalue weighted by atomic mass is 10.2. The summed E-state index contributed by atoms with van der Waals surface area (Å²) in [5.41, 5.74) is 0.764. The van der Waals surface area contributed by atoms with Crippen LogP contribution in [0.2, 0.25) is 0 Å². The van der Waals surface area contributed by atoms with Crippen LogP contribution in [0.5, 0.6) is 11.5 Å². The highest BCUT2D eigenvalue weighted by atomic mass is 16.6. The summed E-state index contributed by atoms with van der Waals surface area (Å²) in [6, 6.07) is 10.4. The molecule has 2 aromatic rings. The molecule has 0 spiro atoms. The van der Waals surface area contributed by atoms with Crippen molar-refractivity contribution < 1.29 is 19.1 Å². The molecule has 0 saturated carbocycles. The van der Waals surface area contributed by atoms with Gasteiger partial charge in [-0.15, -0.1) is 0 Å². The van der Waals surface area contributed by atoms with Crippen molar-refractivity contribution >= 4 is 17.8 Å². The molecule has 160 valence electrons. The summed E-state index contributed by atoms with van der Waals surface area (Å²) in [5, 5.41) is 5.57. The first kappa shape index (κ1) is 21.4. The van der Waals surface area contributed by atoms with Gasteiger partial charge in [0.25, 0.3) is 0 Å². The van der Waals surface area contributed by atoms with Crippen LogP contribution in [0, 0.1) is 0 Å². The van der Waals surface area contributed by atoms with Gasteiger partial charge in [-0.2, -0.15) is 0 Å². The number of benzene rings is 1.